The van der Waals surface area contributed by atoms with Crippen molar-refractivity contribution in [3.63, 3.8) is 0 Å². The van der Waals surface area contributed by atoms with Crippen LogP contribution in [0.1, 0.15) is 11.1 Å². The van der Waals surface area contributed by atoms with E-state index in [0.29, 0.717) is 5.52 Å². The lowest BCUT2D eigenvalue weighted by molar-refractivity contribution is -0.137. The van der Waals surface area contributed by atoms with Gasteiger partial charge in [0.2, 0.25) is 0 Å². The average molecular weight is 362 g/mol. The number of rotatable bonds is 2. The first-order valence-corrected chi connectivity index (χ1v) is 7.24. The lowest BCUT2D eigenvalue weighted by Crippen LogP contribution is -2.19. The van der Waals surface area contributed by atoms with Crippen molar-refractivity contribution in [2.24, 2.45) is 0 Å². The number of fused-ring (bicyclic) bond motifs is 1. The molecule has 3 rings (SSSR count). The summed E-state index contributed by atoms with van der Waals surface area (Å²) in [6.45, 7) is 0. The van der Waals surface area contributed by atoms with E-state index in [9.17, 15) is 22.4 Å². The van der Waals surface area contributed by atoms with Gasteiger partial charge in [0.1, 0.15) is 11.9 Å². The van der Waals surface area contributed by atoms with E-state index in [1.54, 1.807) is 0 Å². The highest BCUT2D eigenvalue weighted by Crippen LogP contribution is 2.30. The maximum Gasteiger partial charge on any atom is 0.416 e. The van der Waals surface area contributed by atoms with Gasteiger partial charge in [-0.2, -0.15) is 18.4 Å². The first kappa shape index (κ1) is 17.3. The Kier molecular flexibility index (Phi) is 4.26. The van der Waals surface area contributed by atoms with E-state index in [-0.39, 0.29) is 22.3 Å². The lowest BCUT2D eigenvalue weighted by Gasteiger charge is -2.10. The molecule has 0 aliphatic rings. The van der Waals surface area contributed by atoms with E-state index < -0.39 is 23.6 Å². The molecular weight excluding hydrogens is 352 g/mol. The molecule has 1 heterocycles. The van der Waals surface area contributed by atoms with Gasteiger partial charge >= 0.3 is 12.2 Å². The number of anilines is 2. The summed E-state index contributed by atoms with van der Waals surface area (Å²) in [5.74, 6) is -0.690. The smallest absolute Gasteiger partial charge is 0.360 e. The van der Waals surface area contributed by atoms with Crippen molar-refractivity contribution in [2.45, 2.75) is 6.18 Å². The largest absolute Gasteiger partial charge is 0.416 e. The summed E-state index contributed by atoms with van der Waals surface area (Å²) in [7, 11) is 0. The number of alkyl halides is 3. The predicted molar refractivity (Wildman–Crippen MR) is 87.1 cm³/mol. The third kappa shape index (κ3) is 3.44. The second-order valence-electron chi connectivity index (χ2n) is 5.35. The Hall–Kier alpha value is -3.54. The van der Waals surface area contributed by atoms with E-state index in [1.807, 2.05) is 6.07 Å². The zero-order valence-corrected chi connectivity index (χ0v) is 12.9. The minimum atomic E-state index is -4.47. The Morgan fingerprint density at radius 3 is 2.35 bits per heavy atom. The Balaban J connectivity index is 1.74. The van der Waals surface area contributed by atoms with Crippen molar-refractivity contribution >= 4 is 28.3 Å². The number of hydrogen-bond donors (Lipinski definition) is 3. The molecule has 0 radical (unpaired) electrons. The monoisotopic (exact) mass is 362 g/mol. The fraction of sp³-hybridized carbons (Fsp3) is 0.0588. The third-order valence-electron chi connectivity index (χ3n) is 3.58. The fourth-order valence-electron chi connectivity index (χ4n) is 2.41. The van der Waals surface area contributed by atoms with Gasteiger partial charge in [-0.1, -0.05) is 0 Å². The van der Waals surface area contributed by atoms with E-state index in [1.165, 1.54) is 12.3 Å². The molecule has 3 N–H and O–H groups in total. The van der Waals surface area contributed by atoms with Gasteiger partial charge in [-0.3, -0.25) is 0 Å². The number of nitriles is 1. The van der Waals surface area contributed by atoms with Crippen LogP contribution in [0.4, 0.5) is 33.7 Å². The quantitative estimate of drug-likeness (QED) is 0.570. The van der Waals surface area contributed by atoms with Crippen LogP contribution >= 0.6 is 0 Å². The van der Waals surface area contributed by atoms with Crippen LogP contribution in [0.25, 0.3) is 10.9 Å². The number of carbonyl (C=O) groups excluding carboxylic acids is 1. The van der Waals surface area contributed by atoms with E-state index in [0.717, 1.165) is 30.3 Å². The molecule has 0 fully saturated rings. The summed E-state index contributed by atoms with van der Waals surface area (Å²) in [5, 5.41) is 13.8. The van der Waals surface area contributed by atoms with E-state index in [2.05, 4.69) is 15.6 Å². The number of benzene rings is 2. The molecule has 0 aliphatic heterocycles. The van der Waals surface area contributed by atoms with E-state index in [4.69, 9.17) is 5.26 Å². The first-order chi connectivity index (χ1) is 12.3. The SMILES string of the molecule is N#Cc1c[nH]c2cc(NC(=O)Nc3ccc(C(F)(F)F)cc3)cc(F)c12. The molecule has 0 spiro atoms. The van der Waals surface area contributed by atoms with Gasteiger partial charge in [0, 0.05) is 17.6 Å². The normalized spacial score (nSPS) is 11.2. The number of aromatic amines is 1. The van der Waals surface area contributed by atoms with Gasteiger partial charge in [-0.25, -0.2) is 9.18 Å². The Bertz CT molecular complexity index is 1020. The van der Waals surface area contributed by atoms with Gasteiger partial charge in [-0.15, -0.1) is 0 Å². The molecule has 0 unspecified atom stereocenters. The molecule has 0 saturated carbocycles. The number of halogens is 4. The van der Waals surface area contributed by atoms with Crippen LogP contribution in [0.15, 0.2) is 42.6 Å². The summed E-state index contributed by atoms with van der Waals surface area (Å²) in [6, 6.07) is 7.46. The second kappa shape index (κ2) is 6.40. The minimum absolute atomic E-state index is 0.112. The number of hydrogen-bond acceptors (Lipinski definition) is 2. The number of nitrogens with one attached hydrogen (secondary N) is 3. The lowest BCUT2D eigenvalue weighted by atomic mass is 10.1. The van der Waals surface area contributed by atoms with Gasteiger partial charge in [-0.05, 0) is 36.4 Å². The highest BCUT2D eigenvalue weighted by Gasteiger charge is 2.30. The van der Waals surface area contributed by atoms with Gasteiger partial charge in [0.05, 0.1) is 22.0 Å². The summed E-state index contributed by atoms with van der Waals surface area (Å²) in [4.78, 5) is 14.7. The molecule has 9 heteroatoms. The molecule has 5 nitrogen and oxygen atoms in total. The zero-order chi connectivity index (χ0) is 18.9. The number of aromatic nitrogens is 1. The highest BCUT2D eigenvalue weighted by atomic mass is 19.4. The first-order valence-electron chi connectivity index (χ1n) is 7.24. The average Bonchev–Trinajstić information content (AvgIpc) is 2.98. The Morgan fingerprint density at radius 2 is 1.73 bits per heavy atom. The van der Waals surface area contributed by atoms with Gasteiger partial charge in [0.15, 0.2) is 0 Å². The van der Waals surface area contributed by atoms with Crippen molar-refractivity contribution in [2.75, 3.05) is 10.6 Å². The predicted octanol–water partition coefficient (Wildman–Crippen LogP) is 4.84. The number of nitrogens with zero attached hydrogens (tertiary/aromatic N) is 1. The van der Waals surface area contributed by atoms with Crippen molar-refractivity contribution in [3.05, 3.63) is 59.5 Å². The molecule has 2 aromatic carbocycles. The van der Waals surface area contributed by atoms with Crippen LogP contribution in [0.3, 0.4) is 0 Å². The van der Waals surface area contributed by atoms with Crippen molar-refractivity contribution in [1.29, 1.82) is 5.26 Å². The maximum absolute atomic E-state index is 14.1. The fourth-order valence-corrected chi connectivity index (χ4v) is 2.41. The zero-order valence-electron chi connectivity index (χ0n) is 12.9. The van der Waals surface area contributed by atoms with Crippen LogP contribution in [-0.2, 0) is 6.18 Å². The molecule has 0 aliphatic carbocycles. The summed E-state index contributed by atoms with van der Waals surface area (Å²) in [6.07, 6.45) is -3.12. The number of amides is 2. The number of carbonyl (C=O) groups is 1. The standard InChI is InChI=1S/C17H10F4N4O/c18-13-5-12(6-14-15(13)9(7-22)8-23-14)25-16(26)24-11-3-1-10(2-4-11)17(19,20)21/h1-6,8,23H,(H2,24,25,26). The van der Waals surface area contributed by atoms with Crippen LogP contribution in [0.2, 0.25) is 0 Å². The summed E-state index contributed by atoms with van der Waals surface area (Å²) < 4.78 is 51.6. The van der Waals surface area contributed by atoms with Crippen LogP contribution in [0, 0.1) is 17.1 Å². The second-order valence-corrected chi connectivity index (χ2v) is 5.35. The molecule has 2 amide bonds. The van der Waals surface area contributed by atoms with Gasteiger partial charge in [0.25, 0.3) is 0 Å². The molecule has 1 aromatic heterocycles. The molecular formula is C17H10F4N4O. The summed E-state index contributed by atoms with van der Waals surface area (Å²) in [5.41, 5.74) is -0.116. The van der Waals surface area contributed by atoms with E-state index >= 15 is 0 Å². The maximum atomic E-state index is 14.1. The minimum Gasteiger partial charge on any atom is -0.360 e. The molecule has 3 aromatic rings. The third-order valence-corrected chi connectivity index (χ3v) is 3.58. The van der Waals surface area contributed by atoms with Crippen LogP contribution in [0.5, 0.6) is 0 Å². The molecule has 0 saturated heterocycles. The highest BCUT2D eigenvalue weighted by molar-refractivity contribution is 6.01. The molecule has 0 bridgehead atoms. The topological polar surface area (TPSA) is 80.7 Å². The molecule has 26 heavy (non-hydrogen) atoms. The molecule has 132 valence electrons. The Morgan fingerprint density at radius 1 is 1.08 bits per heavy atom. The van der Waals surface area contributed by atoms with Crippen molar-refractivity contribution < 1.29 is 22.4 Å². The van der Waals surface area contributed by atoms with Crippen molar-refractivity contribution in [1.82, 2.24) is 4.98 Å². The summed E-state index contributed by atoms with van der Waals surface area (Å²) >= 11 is 0. The number of urea groups is 1. The van der Waals surface area contributed by atoms with Gasteiger partial charge < -0.3 is 15.6 Å². The Labute approximate surface area is 144 Å². The van der Waals surface area contributed by atoms with Crippen LogP contribution < -0.4 is 10.6 Å². The van der Waals surface area contributed by atoms with Crippen molar-refractivity contribution in [3.8, 4) is 6.07 Å². The number of H-pyrrole nitrogens is 1. The van der Waals surface area contributed by atoms with Crippen LogP contribution in [-0.4, -0.2) is 11.0 Å². The molecule has 0 atom stereocenters.